The standard InChI is InChI=1S/C28H42O6/c1-8-27(33,13-22-11-18(4)16(2)9-20(22)6)26(32)28(34,25(31)24(30)15-29)14-23-12-19(5)17(3)10-21(23)7/h9-12,24-26,29-34H,8,13-15H2,1-7H3/t24-,25+,26+,27?,28+/m0/s1. The molecular weight excluding hydrogens is 432 g/mol. The van der Waals surface area contributed by atoms with Crippen LogP contribution in [0.3, 0.4) is 0 Å². The van der Waals surface area contributed by atoms with E-state index in [1.165, 1.54) is 0 Å². The lowest BCUT2D eigenvalue weighted by atomic mass is 9.71. The molecule has 2 aromatic carbocycles. The monoisotopic (exact) mass is 474 g/mol. The highest BCUT2D eigenvalue weighted by atomic mass is 16.4. The first-order valence-corrected chi connectivity index (χ1v) is 11.9. The van der Waals surface area contributed by atoms with Crippen molar-refractivity contribution in [2.45, 2.75) is 97.2 Å². The summed E-state index contributed by atoms with van der Waals surface area (Å²) in [7, 11) is 0. The summed E-state index contributed by atoms with van der Waals surface area (Å²) in [6, 6.07) is 7.81. The van der Waals surface area contributed by atoms with E-state index in [0.717, 1.165) is 38.9 Å². The maximum absolute atomic E-state index is 11.8. The molecule has 0 aliphatic rings. The molecule has 0 heterocycles. The zero-order chi connectivity index (χ0) is 26.0. The minimum absolute atomic E-state index is 0.0494. The Bertz CT molecular complexity index is 1000. The zero-order valence-electron chi connectivity index (χ0n) is 21.6. The molecule has 0 saturated heterocycles. The normalized spacial score (nSPS) is 18.1. The topological polar surface area (TPSA) is 121 Å². The highest BCUT2D eigenvalue weighted by Crippen LogP contribution is 2.36. The summed E-state index contributed by atoms with van der Waals surface area (Å²) >= 11 is 0. The Morgan fingerprint density at radius 2 is 1.09 bits per heavy atom. The lowest BCUT2D eigenvalue weighted by molar-refractivity contribution is -0.229. The van der Waals surface area contributed by atoms with Crippen molar-refractivity contribution < 1.29 is 30.6 Å². The summed E-state index contributed by atoms with van der Waals surface area (Å²) < 4.78 is 0. The van der Waals surface area contributed by atoms with Crippen molar-refractivity contribution in [1.29, 1.82) is 0 Å². The van der Waals surface area contributed by atoms with Gasteiger partial charge in [0.2, 0.25) is 0 Å². The molecule has 34 heavy (non-hydrogen) atoms. The SMILES string of the molecule is CCC(O)(Cc1cc(C)c(C)cc1C)[C@@H](O)[C@@](O)(Cc1cc(C)c(C)cc1C)[C@H](O)[C@@H](O)CO. The van der Waals surface area contributed by atoms with E-state index in [0.29, 0.717) is 5.56 Å². The van der Waals surface area contributed by atoms with Crippen LogP contribution in [0.1, 0.15) is 57.9 Å². The third kappa shape index (κ3) is 5.70. The Labute approximate surface area is 203 Å². The average molecular weight is 475 g/mol. The zero-order valence-corrected chi connectivity index (χ0v) is 21.6. The summed E-state index contributed by atoms with van der Waals surface area (Å²) in [5, 5.41) is 65.5. The van der Waals surface area contributed by atoms with Crippen LogP contribution in [0.25, 0.3) is 0 Å². The molecule has 0 aliphatic heterocycles. The fraction of sp³-hybridized carbons (Fsp3) is 0.571. The summed E-state index contributed by atoms with van der Waals surface area (Å²) in [6.07, 6.45) is -5.48. The summed E-state index contributed by atoms with van der Waals surface area (Å²) in [5.41, 5.74) is 3.38. The molecule has 6 heteroatoms. The maximum atomic E-state index is 11.8. The minimum Gasteiger partial charge on any atom is -0.394 e. The smallest absolute Gasteiger partial charge is 0.126 e. The predicted molar refractivity (Wildman–Crippen MR) is 134 cm³/mol. The number of aryl methyl sites for hydroxylation is 6. The van der Waals surface area contributed by atoms with E-state index in [9.17, 15) is 30.6 Å². The second-order valence-corrected chi connectivity index (χ2v) is 10.1. The van der Waals surface area contributed by atoms with Gasteiger partial charge >= 0.3 is 0 Å². The van der Waals surface area contributed by atoms with Crippen LogP contribution < -0.4 is 0 Å². The molecule has 0 aliphatic carbocycles. The molecule has 0 amide bonds. The van der Waals surface area contributed by atoms with Crippen LogP contribution in [0, 0.1) is 41.5 Å². The van der Waals surface area contributed by atoms with E-state index < -0.39 is 36.1 Å². The van der Waals surface area contributed by atoms with Crippen LogP contribution in [0.4, 0.5) is 0 Å². The van der Waals surface area contributed by atoms with Crippen LogP contribution in [0.5, 0.6) is 0 Å². The lowest BCUT2D eigenvalue weighted by Gasteiger charge is -2.46. The number of benzene rings is 2. The van der Waals surface area contributed by atoms with Crippen molar-refractivity contribution in [3.63, 3.8) is 0 Å². The van der Waals surface area contributed by atoms with Crippen molar-refractivity contribution in [3.8, 4) is 0 Å². The molecule has 2 rings (SSSR count). The van der Waals surface area contributed by atoms with Crippen molar-refractivity contribution in [1.82, 2.24) is 0 Å². The Kier molecular flexibility index (Phi) is 9.08. The van der Waals surface area contributed by atoms with Crippen molar-refractivity contribution in [3.05, 3.63) is 68.8 Å². The van der Waals surface area contributed by atoms with Crippen molar-refractivity contribution in [2.75, 3.05) is 6.61 Å². The first-order valence-electron chi connectivity index (χ1n) is 11.9. The first kappa shape index (κ1) is 28.4. The third-order valence-corrected chi connectivity index (χ3v) is 7.53. The van der Waals surface area contributed by atoms with Gasteiger partial charge < -0.3 is 30.6 Å². The Morgan fingerprint density at radius 3 is 1.50 bits per heavy atom. The Hall–Kier alpha value is -1.80. The van der Waals surface area contributed by atoms with Gasteiger partial charge in [-0.15, -0.1) is 0 Å². The van der Waals surface area contributed by atoms with E-state index in [2.05, 4.69) is 0 Å². The summed E-state index contributed by atoms with van der Waals surface area (Å²) in [4.78, 5) is 0. The molecular formula is C28H42O6. The van der Waals surface area contributed by atoms with Gasteiger partial charge in [-0.05, 0) is 92.5 Å². The number of aliphatic hydroxyl groups excluding tert-OH is 4. The highest BCUT2D eigenvalue weighted by molar-refractivity contribution is 5.39. The molecule has 0 fully saturated rings. The molecule has 190 valence electrons. The van der Waals surface area contributed by atoms with Gasteiger partial charge in [0.1, 0.15) is 23.9 Å². The van der Waals surface area contributed by atoms with Crippen LogP contribution in [0.2, 0.25) is 0 Å². The Morgan fingerprint density at radius 1 is 0.676 bits per heavy atom. The molecule has 0 aromatic heterocycles. The van der Waals surface area contributed by atoms with E-state index in [4.69, 9.17) is 0 Å². The van der Waals surface area contributed by atoms with E-state index in [1.54, 1.807) is 6.92 Å². The quantitative estimate of drug-likeness (QED) is 0.314. The van der Waals surface area contributed by atoms with Gasteiger partial charge in [0.25, 0.3) is 0 Å². The third-order valence-electron chi connectivity index (χ3n) is 7.53. The van der Waals surface area contributed by atoms with E-state index >= 15 is 0 Å². The molecule has 0 radical (unpaired) electrons. The average Bonchev–Trinajstić information content (AvgIpc) is 2.79. The lowest BCUT2D eigenvalue weighted by Crippen LogP contribution is -2.66. The summed E-state index contributed by atoms with van der Waals surface area (Å²) in [5.74, 6) is 0. The van der Waals surface area contributed by atoms with Gasteiger partial charge in [0, 0.05) is 12.8 Å². The molecule has 1 unspecified atom stereocenters. The van der Waals surface area contributed by atoms with E-state index in [1.807, 2.05) is 65.8 Å². The molecule has 6 nitrogen and oxygen atoms in total. The van der Waals surface area contributed by atoms with Gasteiger partial charge in [0.15, 0.2) is 0 Å². The Balaban J connectivity index is 2.57. The maximum Gasteiger partial charge on any atom is 0.126 e. The second-order valence-electron chi connectivity index (χ2n) is 10.1. The first-order chi connectivity index (χ1) is 15.7. The molecule has 2 aromatic rings. The van der Waals surface area contributed by atoms with Crippen molar-refractivity contribution in [2.24, 2.45) is 0 Å². The van der Waals surface area contributed by atoms with Crippen LogP contribution in [0.15, 0.2) is 24.3 Å². The molecule has 0 bridgehead atoms. The summed E-state index contributed by atoms with van der Waals surface area (Å²) in [6.45, 7) is 12.6. The fourth-order valence-electron chi connectivity index (χ4n) is 4.73. The number of rotatable bonds is 10. The predicted octanol–water partition coefficient (Wildman–Crippen LogP) is 2.27. The van der Waals surface area contributed by atoms with Crippen LogP contribution >= 0.6 is 0 Å². The minimum atomic E-state index is -2.33. The molecule has 5 atom stereocenters. The molecule has 0 saturated carbocycles. The van der Waals surface area contributed by atoms with Gasteiger partial charge in [-0.25, -0.2) is 0 Å². The number of hydrogen-bond donors (Lipinski definition) is 6. The molecule has 6 N–H and O–H groups in total. The number of hydrogen-bond acceptors (Lipinski definition) is 6. The number of aliphatic hydroxyl groups is 6. The van der Waals surface area contributed by atoms with E-state index in [-0.39, 0.29) is 19.3 Å². The van der Waals surface area contributed by atoms with Gasteiger partial charge in [-0.3, -0.25) is 0 Å². The van der Waals surface area contributed by atoms with Crippen LogP contribution in [-0.2, 0) is 12.8 Å². The van der Waals surface area contributed by atoms with Crippen LogP contribution in [-0.4, -0.2) is 66.8 Å². The second kappa shape index (κ2) is 10.9. The van der Waals surface area contributed by atoms with Gasteiger partial charge in [-0.2, -0.15) is 0 Å². The van der Waals surface area contributed by atoms with Gasteiger partial charge in [-0.1, -0.05) is 31.2 Å². The van der Waals surface area contributed by atoms with Crippen molar-refractivity contribution >= 4 is 0 Å². The van der Waals surface area contributed by atoms with Gasteiger partial charge in [0.05, 0.1) is 12.2 Å². The fourth-order valence-corrected chi connectivity index (χ4v) is 4.73. The highest BCUT2D eigenvalue weighted by Gasteiger charge is 2.54. The largest absolute Gasteiger partial charge is 0.394 e. The molecule has 0 spiro atoms.